The van der Waals surface area contributed by atoms with Crippen molar-refractivity contribution >= 4 is 17.9 Å². The fraction of sp³-hybridized carbons (Fsp3) is 0.462. The fourth-order valence-electron chi connectivity index (χ4n) is 5.40. The zero-order chi connectivity index (χ0) is 24.1. The van der Waals surface area contributed by atoms with Crippen molar-refractivity contribution in [2.75, 3.05) is 44.2 Å². The second-order valence-electron chi connectivity index (χ2n) is 9.41. The first-order valence-corrected chi connectivity index (χ1v) is 12.0. The second-order valence-corrected chi connectivity index (χ2v) is 9.41. The van der Waals surface area contributed by atoms with Crippen molar-refractivity contribution in [2.45, 2.75) is 37.5 Å². The van der Waals surface area contributed by atoms with Gasteiger partial charge in [-0.05, 0) is 43.0 Å². The van der Waals surface area contributed by atoms with Crippen molar-refractivity contribution in [1.29, 1.82) is 0 Å². The van der Waals surface area contributed by atoms with Crippen LogP contribution in [0, 0.1) is 0 Å². The van der Waals surface area contributed by atoms with E-state index in [1.54, 1.807) is 25.3 Å². The van der Waals surface area contributed by atoms with Crippen LogP contribution < -0.4 is 10.7 Å². The van der Waals surface area contributed by atoms with E-state index in [9.17, 15) is 15.0 Å². The lowest BCUT2D eigenvalue weighted by atomic mass is 9.85. The molecule has 34 heavy (non-hydrogen) atoms. The normalized spacial score (nSPS) is 21.4. The highest BCUT2D eigenvalue weighted by molar-refractivity contribution is 5.80. The summed E-state index contributed by atoms with van der Waals surface area (Å²) >= 11 is 0. The molecule has 0 amide bonds. The van der Waals surface area contributed by atoms with Crippen molar-refractivity contribution < 1.29 is 15.0 Å². The molecule has 2 atom stereocenters. The van der Waals surface area contributed by atoms with Gasteiger partial charge >= 0.3 is 5.97 Å². The number of nitrogens with two attached hydrogens (primary N) is 1. The van der Waals surface area contributed by atoms with Crippen LogP contribution in [0.25, 0.3) is 0 Å². The molecule has 0 aliphatic carbocycles. The molecule has 2 aromatic carbocycles. The maximum atomic E-state index is 12.2. The van der Waals surface area contributed by atoms with E-state index in [1.807, 2.05) is 35.2 Å². The molecule has 2 aromatic rings. The van der Waals surface area contributed by atoms with E-state index in [-0.39, 0.29) is 0 Å². The van der Waals surface area contributed by atoms with Crippen LogP contribution in [-0.4, -0.2) is 83.5 Å². The molecule has 4 rings (SSSR count). The molecule has 8 heteroatoms. The highest BCUT2D eigenvalue weighted by Crippen LogP contribution is 2.31. The van der Waals surface area contributed by atoms with E-state index in [0.717, 1.165) is 44.6 Å². The van der Waals surface area contributed by atoms with Crippen molar-refractivity contribution in [2.24, 2.45) is 10.9 Å². The molecule has 2 aliphatic heterocycles. The number of hydrogen-bond donors (Lipinski definition) is 3. The Kier molecular flexibility index (Phi) is 7.50. The zero-order valence-electron chi connectivity index (χ0n) is 19.8. The summed E-state index contributed by atoms with van der Waals surface area (Å²) in [5.41, 5.74) is 1.36. The van der Waals surface area contributed by atoms with E-state index in [0.29, 0.717) is 24.7 Å². The molecule has 0 saturated carbocycles. The molecule has 0 aromatic heterocycles. The predicted molar refractivity (Wildman–Crippen MR) is 134 cm³/mol. The quantitative estimate of drug-likeness (QED) is 0.326. The van der Waals surface area contributed by atoms with Crippen LogP contribution in [0.3, 0.4) is 0 Å². The van der Waals surface area contributed by atoms with Gasteiger partial charge in [0.05, 0.1) is 6.21 Å². The number of likely N-dealkylation sites (tertiary alicyclic amines) is 1. The van der Waals surface area contributed by atoms with E-state index in [4.69, 9.17) is 5.84 Å². The lowest BCUT2D eigenvalue weighted by molar-refractivity contribution is -0.156. The molecule has 0 bridgehead atoms. The SMILES string of the molecule is CC(O)(c1ccccc1)C(C(=O)O)N1CCC(N2CCN(c3ccc(C=NN)cc3)CC2)CC1. The number of aliphatic carboxylic acids is 1. The lowest BCUT2D eigenvalue weighted by Crippen LogP contribution is -2.59. The van der Waals surface area contributed by atoms with Crippen molar-refractivity contribution in [3.63, 3.8) is 0 Å². The minimum absolute atomic E-state index is 0.442. The molecule has 2 aliphatic rings. The highest BCUT2D eigenvalue weighted by atomic mass is 16.4. The Morgan fingerprint density at radius 3 is 2.21 bits per heavy atom. The van der Waals surface area contributed by atoms with E-state index in [1.165, 1.54) is 5.69 Å². The number of anilines is 1. The summed E-state index contributed by atoms with van der Waals surface area (Å²) in [6.07, 6.45) is 3.45. The Labute approximate surface area is 201 Å². The Bertz CT molecular complexity index is 964. The number of carboxylic acid groups (broad SMARTS) is 1. The smallest absolute Gasteiger partial charge is 0.324 e. The summed E-state index contributed by atoms with van der Waals surface area (Å²) in [6, 6.07) is 16.8. The largest absolute Gasteiger partial charge is 0.480 e. The number of aliphatic hydroxyl groups is 1. The molecule has 0 radical (unpaired) electrons. The van der Waals surface area contributed by atoms with Crippen molar-refractivity contribution in [3.05, 3.63) is 65.7 Å². The first-order chi connectivity index (χ1) is 16.4. The van der Waals surface area contributed by atoms with Crippen molar-refractivity contribution in [3.8, 4) is 0 Å². The third kappa shape index (κ3) is 5.24. The van der Waals surface area contributed by atoms with Gasteiger partial charge in [0.25, 0.3) is 0 Å². The monoisotopic (exact) mass is 465 g/mol. The van der Waals surface area contributed by atoms with E-state index >= 15 is 0 Å². The Balaban J connectivity index is 1.32. The summed E-state index contributed by atoms with van der Waals surface area (Å²) in [7, 11) is 0. The number of benzene rings is 2. The molecular weight excluding hydrogens is 430 g/mol. The number of piperazine rings is 1. The Hall–Kier alpha value is -2.94. The number of piperidine rings is 1. The van der Waals surface area contributed by atoms with Crippen LogP contribution in [0.2, 0.25) is 0 Å². The molecule has 2 fully saturated rings. The number of hydrogen-bond acceptors (Lipinski definition) is 7. The Morgan fingerprint density at radius 2 is 1.65 bits per heavy atom. The zero-order valence-corrected chi connectivity index (χ0v) is 19.8. The highest BCUT2D eigenvalue weighted by Gasteiger charge is 2.44. The Morgan fingerprint density at radius 1 is 1.03 bits per heavy atom. The van der Waals surface area contributed by atoms with Gasteiger partial charge in [0, 0.05) is 51.0 Å². The predicted octanol–water partition coefficient (Wildman–Crippen LogP) is 1.93. The van der Waals surface area contributed by atoms with Crippen LogP contribution in [0.4, 0.5) is 5.69 Å². The summed E-state index contributed by atoms with van der Waals surface area (Å²) in [5, 5.41) is 24.8. The summed E-state index contributed by atoms with van der Waals surface area (Å²) in [6.45, 7) is 6.84. The second kappa shape index (κ2) is 10.5. The van der Waals surface area contributed by atoms with Gasteiger partial charge in [0.1, 0.15) is 11.6 Å². The summed E-state index contributed by atoms with van der Waals surface area (Å²) < 4.78 is 0. The van der Waals surface area contributed by atoms with Gasteiger partial charge < -0.3 is 21.0 Å². The van der Waals surface area contributed by atoms with Gasteiger partial charge in [-0.25, -0.2) is 0 Å². The third-order valence-electron chi connectivity index (χ3n) is 7.30. The molecule has 2 unspecified atom stereocenters. The van der Waals surface area contributed by atoms with E-state index in [2.05, 4.69) is 27.0 Å². The molecule has 2 heterocycles. The first-order valence-electron chi connectivity index (χ1n) is 12.0. The molecule has 8 nitrogen and oxygen atoms in total. The van der Waals surface area contributed by atoms with Gasteiger partial charge in [-0.15, -0.1) is 0 Å². The number of rotatable bonds is 7. The summed E-state index contributed by atoms with van der Waals surface area (Å²) in [5.74, 6) is 4.24. The number of carboxylic acids is 1. The van der Waals surface area contributed by atoms with Crippen LogP contribution in [0.15, 0.2) is 59.7 Å². The van der Waals surface area contributed by atoms with Crippen LogP contribution in [0.5, 0.6) is 0 Å². The minimum Gasteiger partial charge on any atom is -0.480 e. The third-order valence-corrected chi connectivity index (χ3v) is 7.30. The van der Waals surface area contributed by atoms with Gasteiger partial charge in [0.15, 0.2) is 0 Å². The van der Waals surface area contributed by atoms with Crippen molar-refractivity contribution in [1.82, 2.24) is 9.80 Å². The topological polar surface area (TPSA) is 106 Å². The van der Waals surface area contributed by atoms with Gasteiger partial charge in [0.2, 0.25) is 0 Å². The number of carbonyl (C=O) groups is 1. The van der Waals surface area contributed by atoms with Gasteiger partial charge in [-0.3, -0.25) is 14.6 Å². The van der Waals surface area contributed by atoms with Gasteiger partial charge in [-0.1, -0.05) is 42.5 Å². The standard InChI is InChI=1S/C26H35N5O3/c1-26(34,21-5-3-2-4-6-21)24(25(32)33)31-13-11-23(12-14-31)30-17-15-29(16-18-30)22-9-7-20(8-10-22)19-28-27/h2-10,19,23-24,34H,11-18,27H2,1H3,(H,32,33). The fourth-order valence-corrected chi connectivity index (χ4v) is 5.40. The molecule has 4 N–H and O–H groups in total. The summed E-state index contributed by atoms with van der Waals surface area (Å²) in [4.78, 5) is 19.1. The van der Waals surface area contributed by atoms with E-state index < -0.39 is 17.6 Å². The molecule has 182 valence electrons. The van der Waals surface area contributed by atoms with Crippen LogP contribution >= 0.6 is 0 Å². The average Bonchev–Trinajstić information content (AvgIpc) is 2.86. The maximum absolute atomic E-state index is 12.2. The first kappa shape index (κ1) is 24.2. The van der Waals surface area contributed by atoms with Crippen LogP contribution in [-0.2, 0) is 10.4 Å². The average molecular weight is 466 g/mol. The molecule has 0 spiro atoms. The maximum Gasteiger partial charge on any atom is 0.324 e. The number of nitrogens with zero attached hydrogens (tertiary/aromatic N) is 4. The lowest BCUT2D eigenvalue weighted by Gasteiger charge is -2.46. The number of hydrazone groups is 1. The molecular formula is C26H35N5O3. The van der Waals surface area contributed by atoms with Crippen LogP contribution in [0.1, 0.15) is 30.9 Å². The minimum atomic E-state index is -1.46. The molecule has 2 saturated heterocycles. The van der Waals surface area contributed by atoms with Gasteiger partial charge in [-0.2, -0.15) is 5.10 Å².